The number of hydrogen-bond donors (Lipinski definition) is 1. The molecule has 0 spiro atoms. The van der Waals surface area contributed by atoms with Gasteiger partial charge in [-0.3, -0.25) is 9.48 Å². The molecule has 21 heavy (non-hydrogen) atoms. The Morgan fingerprint density at radius 3 is 2.71 bits per heavy atom. The largest absolute Gasteiger partial charge is 0.365 e. The van der Waals surface area contributed by atoms with Crippen molar-refractivity contribution in [2.24, 2.45) is 12.8 Å². The van der Waals surface area contributed by atoms with Crippen molar-refractivity contribution >= 4 is 39.1 Å². The smallest absolute Gasteiger partial charge is 0.259 e. The van der Waals surface area contributed by atoms with Crippen LogP contribution < -0.4 is 5.73 Å². The van der Waals surface area contributed by atoms with Crippen LogP contribution in [-0.2, 0) is 7.05 Å². The van der Waals surface area contributed by atoms with E-state index in [1.165, 1.54) is 11.3 Å². The molecule has 0 atom stereocenters. The SMILES string of the molecule is Cc1nc2sc(C(N)=O)c(-c3cnn(C)c3)c2c(C)c1Cl. The van der Waals surface area contributed by atoms with Crippen LogP contribution in [0.4, 0.5) is 0 Å². The van der Waals surface area contributed by atoms with E-state index < -0.39 is 5.91 Å². The van der Waals surface area contributed by atoms with Gasteiger partial charge in [-0.2, -0.15) is 5.10 Å². The Labute approximate surface area is 130 Å². The highest BCUT2D eigenvalue weighted by Gasteiger charge is 2.23. The third-order valence-corrected chi connectivity index (χ3v) is 5.05. The first-order chi connectivity index (χ1) is 9.90. The van der Waals surface area contributed by atoms with E-state index in [4.69, 9.17) is 17.3 Å². The summed E-state index contributed by atoms with van der Waals surface area (Å²) in [4.78, 5) is 17.5. The summed E-state index contributed by atoms with van der Waals surface area (Å²) in [5.41, 5.74) is 8.79. The van der Waals surface area contributed by atoms with Crippen molar-refractivity contribution in [3.8, 4) is 11.1 Å². The topological polar surface area (TPSA) is 73.8 Å². The number of fused-ring (bicyclic) bond motifs is 1. The first-order valence-electron chi connectivity index (χ1n) is 6.28. The summed E-state index contributed by atoms with van der Waals surface area (Å²) in [6, 6.07) is 0. The van der Waals surface area contributed by atoms with Crippen molar-refractivity contribution in [1.29, 1.82) is 0 Å². The summed E-state index contributed by atoms with van der Waals surface area (Å²) in [5.74, 6) is -0.468. The van der Waals surface area contributed by atoms with Gasteiger partial charge in [0.25, 0.3) is 5.91 Å². The van der Waals surface area contributed by atoms with Gasteiger partial charge in [0.2, 0.25) is 0 Å². The van der Waals surface area contributed by atoms with E-state index in [2.05, 4.69) is 10.1 Å². The van der Waals surface area contributed by atoms with Gasteiger partial charge in [-0.15, -0.1) is 11.3 Å². The lowest BCUT2D eigenvalue weighted by atomic mass is 10.0. The number of halogens is 1. The first kappa shape index (κ1) is 14.0. The number of aryl methyl sites for hydroxylation is 3. The highest BCUT2D eigenvalue weighted by atomic mass is 35.5. The van der Waals surface area contributed by atoms with Crippen LogP contribution in [0.1, 0.15) is 20.9 Å². The molecule has 2 N–H and O–H groups in total. The lowest BCUT2D eigenvalue weighted by Crippen LogP contribution is -2.09. The number of thiophene rings is 1. The predicted molar refractivity (Wildman–Crippen MR) is 84.8 cm³/mol. The number of pyridine rings is 1. The van der Waals surface area contributed by atoms with Crippen LogP contribution in [0.15, 0.2) is 12.4 Å². The monoisotopic (exact) mass is 320 g/mol. The van der Waals surface area contributed by atoms with Gasteiger partial charge in [0.1, 0.15) is 9.71 Å². The Hall–Kier alpha value is -1.92. The van der Waals surface area contributed by atoms with Crippen LogP contribution in [0, 0.1) is 13.8 Å². The van der Waals surface area contributed by atoms with Crippen LogP contribution in [-0.4, -0.2) is 20.7 Å². The molecule has 3 aromatic heterocycles. The van der Waals surface area contributed by atoms with Crippen molar-refractivity contribution in [1.82, 2.24) is 14.8 Å². The molecule has 0 aromatic carbocycles. The van der Waals surface area contributed by atoms with E-state index in [1.807, 2.05) is 27.1 Å². The molecule has 3 heterocycles. The number of amides is 1. The first-order valence-corrected chi connectivity index (χ1v) is 7.47. The molecule has 0 unspecified atom stereocenters. The number of nitrogens with zero attached hydrogens (tertiary/aromatic N) is 3. The second-order valence-corrected chi connectivity index (χ2v) is 6.27. The maximum absolute atomic E-state index is 11.8. The highest BCUT2D eigenvalue weighted by Crippen LogP contribution is 2.41. The minimum absolute atomic E-state index is 0.468. The molecule has 3 aromatic rings. The molecular formula is C14H13ClN4OS. The van der Waals surface area contributed by atoms with E-state index in [1.54, 1.807) is 10.9 Å². The van der Waals surface area contributed by atoms with Gasteiger partial charge < -0.3 is 5.73 Å². The molecular weight excluding hydrogens is 308 g/mol. The molecule has 0 aliphatic carbocycles. The standard InChI is InChI=1S/C14H13ClN4OS/c1-6-9-10(8-4-17-19(3)5-8)12(13(16)20)21-14(9)18-7(2)11(6)15/h4-5H,1-3H3,(H2,16,20). The average Bonchev–Trinajstić information content (AvgIpc) is 2.99. The molecule has 5 nitrogen and oxygen atoms in total. The maximum Gasteiger partial charge on any atom is 0.259 e. The Balaban J connectivity index is 2.47. The zero-order chi connectivity index (χ0) is 15.3. The fourth-order valence-electron chi connectivity index (χ4n) is 2.43. The van der Waals surface area contributed by atoms with Crippen LogP contribution in [0.5, 0.6) is 0 Å². The number of primary amides is 1. The third kappa shape index (κ3) is 2.11. The average molecular weight is 321 g/mol. The van der Waals surface area contributed by atoms with Crippen molar-refractivity contribution in [3.05, 3.63) is 33.6 Å². The van der Waals surface area contributed by atoms with Crippen molar-refractivity contribution < 1.29 is 4.79 Å². The van der Waals surface area contributed by atoms with Crippen LogP contribution in [0.2, 0.25) is 5.02 Å². The lowest BCUT2D eigenvalue weighted by molar-refractivity contribution is 0.100. The lowest BCUT2D eigenvalue weighted by Gasteiger charge is -2.05. The van der Waals surface area contributed by atoms with Crippen LogP contribution >= 0.6 is 22.9 Å². The van der Waals surface area contributed by atoms with Gasteiger partial charge in [-0.05, 0) is 19.4 Å². The summed E-state index contributed by atoms with van der Waals surface area (Å²) in [7, 11) is 1.82. The third-order valence-electron chi connectivity index (χ3n) is 3.40. The minimum Gasteiger partial charge on any atom is -0.365 e. The number of hydrogen-bond acceptors (Lipinski definition) is 4. The van der Waals surface area contributed by atoms with E-state index in [9.17, 15) is 4.79 Å². The van der Waals surface area contributed by atoms with E-state index in [0.29, 0.717) is 9.90 Å². The molecule has 0 aliphatic heterocycles. The van der Waals surface area contributed by atoms with Gasteiger partial charge in [-0.25, -0.2) is 4.98 Å². The zero-order valence-corrected chi connectivity index (χ0v) is 13.3. The Morgan fingerprint density at radius 2 is 2.14 bits per heavy atom. The van der Waals surface area contributed by atoms with E-state index in [0.717, 1.165) is 32.6 Å². The van der Waals surface area contributed by atoms with Gasteiger partial charge in [0.05, 0.1) is 16.9 Å². The van der Waals surface area contributed by atoms with Gasteiger partial charge in [-0.1, -0.05) is 11.6 Å². The number of carbonyl (C=O) groups is 1. The van der Waals surface area contributed by atoms with Crippen molar-refractivity contribution in [2.75, 3.05) is 0 Å². The van der Waals surface area contributed by atoms with E-state index >= 15 is 0 Å². The van der Waals surface area contributed by atoms with Crippen LogP contribution in [0.25, 0.3) is 21.3 Å². The van der Waals surface area contributed by atoms with Crippen LogP contribution in [0.3, 0.4) is 0 Å². The number of rotatable bonds is 2. The zero-order valence-electron chi connectivity index (χ0n) is 11.8. The molecule has 0 aliphatic rings. The quantitative estimate of drug-likeness (QED) is 0.788. The molecule has 0 radical (unpaired) electrons. The Morgan fingerprint density at radius 1 is 1.43 bits per heavy atom. The number of carbonyl (C=O) groups excluding carboxylic acids is 1. The Kier molecular flexibility index (Phi) is 3.22. The summed E-state index contributed by atoms with van der Waals surface area (Å²) in [6.45, 7) is 3.78. The minimum atomic E-state index is -0.468. The number of nitrogens with two attached hydrogens (primary N) is 1. The molecule has 0 saturated heterocycles. The van der Waals surface area contributed by atoms with E-state index in [-0.39, 0.29) is 0 Å². The summed E-state index contributed by atoms with van der Waals surface area (Å²) < 4.78 is 1.68. The summed E-state index contributed by atoms with van der Waals surface area (Å²) in [6.07, 6.45) is 3.56. The maximum atomic E-state index is 11.8. The normalized spacial score (nSPS) is 11.2. The van der Waals surface area contributed by atoms with Gasteiger partial charge in [0, 0.05) is 29.8 Å². The molecule has 3 rings (SSSR count). The fourth-order valence-corrected chi connectivity index (χ4v) is 3.72. The predicted octanol–water partition coefficient (Wildman–Crippen LogP) is 3.07. The molecule has 7 heteroatoms. The van der Waals surface area contributed by atoms with Gasteiger partial charge in [0.15, 0.2) is 0 Å². The molecule has 108 valence electrons. The van der Waals surface area contributed by atoms with Crippen molar-refractivity contribution in [2.45, 2.75) is 13.8 Å². The summed E-state index contributed by atoms with van der Waals surface area (Å²) >= 11 is 7.61. The Bertz CT molecular complexity index is 881. The second-order valence-electron chi connectivity index (χ2n) is 4.89. The molecule has 0 fully saturated rings. The summed E-state index contributed by atoms with van der Waals surface area (Å²) in [5, 5.41) is 5.65. The van der Waals surface area contributed by atoms with Crippen molar-refractivity contribution in [3.63, 3.8) is 0 Å². The second kappa shape index (κ2) is 4.82. The fraction of sp³-hybridized carbons (Fsp3) is 0.214. The van der Waals surface area contributed by atoms with Gasteiger partial charge >= 0.3 is 0 Å². The molecule has 0 bridgehead atoms. The molecule has 0 saturated carbocycles. The highest BCUT2D eigenvalue weighted by molar-refractivity contribution is 7.21. The number of aromatic nitrogens is 3. The molecule has 1 amide bonds.